The number of carbonyl (C=O) groups excluding carboxylic acids is 3. The molecular weight excluding hydrogens is 1490 g/mol. The SMILES string of the molecule is C.CC(C)Cc1nc(-c2ccccc2)c(-c2ccc(CN3CCC(N4C(=O)Cc5ccccc54)CC3)cc2)[nH]c1=O.Cc1nc(-c2ccc(CN3CCC(N4C(=O)Cc5ccccc54)CC3)cc2)c(-c2ccccc2)[nH]c1=O.O=C1Cc2ccccc2N1C1CCN(Cc2ccc(-c3[nH]c4cc5ncnc5cc4nc3-c3ccccc3)cc2)CC1. The molecule has 0 unspecified atom stereocenters. The smallest absolute Gasteiger partial charge is 0.270 e. The molecule has 3 amide bonds. The summed E-state index contributed by atoms with van der Waals surface area (Å²) in [4.78, 5) is 110. The first-order valence-corrected chi connectivity index (χ1v) is 41.9. The summed E-state index contributed by atoms with van der Waals surface area (Å²) in [7, 11) is 0. The average molecular weight is 1590 g/mol. The van der Waals surface area contributed by atoms with Crippen LogP contribution in [0.15, 0.2) is 265 Å². The monoisotopic (exact) mass is 1590 g/mol. The second-order valence-electron chi connectivity index (χ2n) is 32.8. The van der Waals surface area contributed by atoms with E-state index in [1.807, 2.05) is 137 Å². The van der Waals surface area contributed by atoms with E-state index in [1.54, 1.807) is 13.3 Å². The summed E-state index contributed by atoms with van der Waals surface area (Å²) in [6, 6.07) is 85.5. The minimum Gasteiger partial charge on any atom is -0.351 e. The van der Waals surface area contributed by atoms with Crippen molar-refractivity contribution in [3.05, 3.63) is 321 Å². The highest BCUT2D eigenvalue weighted by atomic mass is 16.2. The first-order valence-electron chi connectivity index (χ1n) is 41.9. The highest BCUT2D eigenvalue weighted by molar-refractivity contribution is 6.04. The van der Waals surface area contributed by atoms with Gasteiger partial charge in [-0.15, -0.1) is 0 Å². The average Bonchev–Trinajstić information content (AvgIpc) is 1.74. The number of aryl methyl sites for hydroxylation is 1. The van der Waals surface area contributed by atoms with Gasteiger partial charge in [0.25, 0.3) is 11.1 Å². The highest BCUT2D eigenvalue weighted by Gasteiger charge is 2.38. The van der Waals surface area contributed by atoms with Gasteiger partial charge >= 0.3 is 0 Å². The van der Waals surface area contributed by atoms with Gasteiger partial charge in [0, 0.05) is 127 Å². The molecule has 0 spiro atoms. The summed E-state index contributed by atoms with van der Waals surface area (Å²) in [6.45, 7) is 14.4. The van der Waals surface area contributed by atoms with Crippen molar-refractivity contribution in [2.45, 2.75) is 130 Å². The number of para-hydroxylation sites is 3. The second kappa shape index (κ2) is 35.3. The van der Waals surface area contributed by atoms with Crippen molar-refractivity contribution >= 4 is 56.9 Å². The van der Waals surface area contributed by atoms with Crippen LogP contribution in [0.5, 0.6) is 0 Å². The molecular formula is C101H100N14O5. The lowest BCUT2D eigenvalue weighted by atomic mass is 10.0. The Kier molecular flexibility index (Phi) is 23.4. The number of nitrogens with one attached hydrogen (secondary N) is 3. The Morgan fingerprint density at radius 1 is 0.358 bits per heavy atom. The lowest BCUT2D eigenvalue weighted by molar-refractivity contribution is -0.118. The van der Waals surface area contributed by atoms with Gasteiger partial charge in [0.05, 0.1) is 75.5 Å². The van der Waals surface area contributed by atoms with E-state index in [1.165, 1.54) is 16.7 Å². The van der Waals surface area contributed by atoms with Crippen LogP contribution >= 0.6 is 0 Å². The summed E-state index contributed by atoms with van der Waals surface area (Å²) in [6.07, 6.45) is 9.74. The third kappa shape index (κ3) is 17.1. The summed E-state index contributed by atoms with van der Waals surface area (Å²) in [5.41, 5.74) is 25.8. The molecule has 10 heterocycles. The fourth-order valence-electron chi connectivity index (χ4n) is 18.2. The first kappa shape index (κ1) is 79.5. The van der Waals surface area contributed by atoms with Crippen molar-refractivity contribution in [2.75, 3.05) is 54.0 Å². The van der Waals surface area contributed by atoms with Crippen LogP contribution in [0.4, 0.5) is 17.1 Å². The van der Waals surface area contributed by atoms with Gasteiger partial charge < -0.3 is 29.7 Å². The Labute approximate surface area is 699 Å². The standard InChI is InChI=1S/C35H30N6O.C34H36N4O2.C31H30N4O2.CH4/c42-33-18-26-8-4-5-9-32(26)41(33)27-14-16-40(17-15-27)21-23-10-12-25(13-11-23)35-34(24-6-2-1-3-7-24)38-30-19-28-29(37-22-36-28)20-31(30)39-35;1-23(2)20-29-34(40)36-33(32(35-29)25-8-4-3-5-9-25)26-14-12-24(13-15-26)22-37-18-16-28(17-19-37)38-30-11-7-6-10-27(30)21-31(38)39;1-21-31(37)33-30(23-7-3-2-4-8-23)29(32-21)24-13-11-22(12-14-24)20-34-17-15-26(16-18-34)35-27-10-6-5-9-25(27)19-28(35)36;/h1-13,19-20,22,27,39H,14-18,21H2;3-15,23,28H,16-22H2,1-2H3,(H,36,40);2-14,26H,15-20H2,1H3,(H,33,37);1H4. The van der Waals surface area contributed by atoms with Crippen molar-refractivity contribution < 1.29 is 14.4 Å². The zero-order valence-corrected chi connectivity index (χ0v) is 67.5. The van der Waals surface area contributed by atoms with Gasteiger partial charge in [-0.25, -0.2) is 24.9 Å². The number of hydrogen-bond acceptors (Lipinski definition) is 13. The van der Waals surface area contributed by atoms with Crippen LogP contribution in [0.25, 0.3) is 89.6 Å². The Hall–Kier alpha value is -12.9. The predicted octanol–water partition coefficient (Wildman–Crippen LogP) is 17.9. The number of aromatic amines is 3. The Bertz CT molecular complexity index is 6150. The number of likely N-dealkylation sites (tertiary alicyclic amines) is 3. The summed E-state index contributed by atoms with van der Waals surface area (Å²) in [5, 5.41) is 0. The van der Waals surface area contributed by atoms with Crippen LogP contribution < -0.4 is 25.8 Å². The zero-order valence-electron chi connectivity index (χ0n) is 67.5. The van der Waals surface area contributed by atoms with E-state index >= 15 is 0 Å². The molecule has 0 saturated carbocycles. The van der Waals surface area contributed by atoms with E-state index in [2.05, 4.69) is 185 Å². The number of H-pyrrole nitrogens is 3. The van der Waals surface area contributed by atoms with Gasteiger partial charge in [-0.05, 0) is 121 Å². The number of hydrogen-bond donors (Lipinski definition) is 3. The van der Waals surface area contributed by atoms with Gasteiger partial charge in [0.15, 0.2) is 0 Å². The molecule has 19 nitrogen and oxygen atoms in total. The van der Waals surface area contributed by atoms with E-state index in [0.717, 1.165) is 221 Å². The fourth-order valence-corrected chi connectivity index (χ4v) is 18.2. The van der Waals surface area contributed by atoms with E-state index in [4.69, 9.17) is 9.97 Å². The quantitative estimate of drug-likeness (QED) is 0.0774. The molecule has 6 aliphatic heterocycles. The first-order chi connectivity index (χ1) is 58.2. The molecule has 6 aliphatic rings. The molecule has 3 N–H and O–H groups in total. The summed E-state index contributed by atoms with van der Waals surface area (Å²) < 4.78 is 0. The predicted molar refractivity (Wildman–Crippen MR) is 479 cm³/mol. The van der Waals surface area contributed by atoms with Crippen molar-refractivity contribution in [2.24, 2.45) is 5.92 Å². The van der Waals surface area contributed by atoms with Crippen LogP contribution in [0.2, 0.25) is 0 Å². The van der Waals surface area contributed by atoms with E-state index < -0.39 is 0 Å². The second-order valence-corrected chi connectivity index (χ2v) is 32.8. The van der Waals surface area contributed by atoms with Gasteiger partial charge in [-0.2, -0.15) is 0 Å². The number of imidazole rings is 1. The van der Waals surface area contributed by atoms with Crippen molar-refractivity contribution in [3.8, 4) is 67.5 Å². The summed E-state index contributed by atoms with van der Waals surface area (Å²) >= 11 is 0. The maximum atomic E-state index is 12.9. The molecule has 0 bridgehead atoms. The zero-order chi connectivity index (χ0) is 81.0. The van der Waals surface area contributed by atoms with Crippen LogP contribution in [-0.2, 0) is 59.7 Å². The van der Waals surface area contributed by atoms with Crippen molar-refractivity contribution in [3.63, 3.8) is 0 Å². The van der Waals surface area contributed by atoms with Gasteiger partial charge in [0.2, 0.25) is 17.7 Å². The maximum absolute atomic E-state index is 12.9. The molecule has 120 heavy (non-hydrogen) atoms. The number of nitrogens with zero attached hydrogens (tertiary/aromatic N) is 11. The minimum absolute atomic E-state index is 0. The number of fused-ring (bicyclic) bond motifs is 5. The Balaban J connectivity index is 0.000000128. The number of aromatic nitrogens is 8. The molecule has 14 aromatic rings. The maximum Gasteiger partial charge on any atom is 0.270 e. The van der Waals surface area contributed by atoms with Crippen LogP contribution in [0.1, 0.15) is 105 Å². The minimum atomic E-state index is -0.165. The van der Waals surface area contributed by atoms with Gasteiger partial charge in [-0.1, -0.05) is 240 Å². The third-order valence-electron chi connectivity index (χ3n) is 24.3. The molecule has 19 heteroatoms. The molecule has 3 saturated heterocycles. The number of benzene rings is 10. The molecule has 20 rings (SSSR count). The van der Waals surface area contributed by atoms with Crippen LogP contribution in [-0.4, -0.2) is 130 Å². The third-order valence-corrected chi connectivity index (χ3v) is 24.3. The van der Waals surface area contributed by atoms with Crippen LogP contribution in [0.3, 0.4) is 0 Å². The Morgan fingerprint density at radius 3 is 1.11 bits per heavy atom. The highest BCUT2D eigenvalue weighted by Crippen LogP contribution is 2.40. The molecule has 10 aromatic carbocycles. The molecule has 604 valence electrons. The van der Waals surface area contributed by atoms with Crippen molar-refractivity contribution in [1.82, 2.24) is 54.6 Å². The molecule has 4 aromatic heterocycles. The number of rotatable bonds is 17. The van der Waals surface area contributed by atoms with E-state index in [0.29, 0.717) is 43.0 Å². The largest absolute Gasteiger partial charge is 0.351 e. The van der Waals surface area contributed by atoms with Gasteiger partial charge in [0.1, 0.15) is 17.7 Å². The van der Waals surface area contributed by atoms with E-state index in [-0.39, 0.29) is 54.4 Å². The molecule has 0 radical (unpaired) electrons. The lowest BCUT2D eigenvalue weighted by Crippen LogP contribution is -2.46. The summed E-state index contributed by atoms with van der Waals surface area (Å²) in [5.74, 6) is 1.05. The van der Waals surface area contributed by atoms with Crippen molar-refractivity contribution in [1.29, 1.82) is 0 Å². The normalized spacial score (nSPS) is 16.0. The number of piperidine rings is 3. The molecule has 3 fully saturated rings. The number of amides is 3. The lowest BCUT2D eigenvalue weighted by Gasteiger charge is -2.37. The Morgan fingerprint density at radius 2 is 0.692 bits per heavy atom. The van der Waals surface area contributed by atoms with Gasteiger partial charge in [-0.3, -0.25) is 38.7 Å². The van der Waals surface area contributed by atoms with E-state index in [9.17, 15) is 24.0 Å². The molecule has 0 atom stereocenters. The number of anilines is 3. The number of carbonyl (C=O) groups is 3. The fraction of sp³-hybridized carbons (Fsp3) is 0.267. The molecule has 0 aliphatic carbocycles. The topological polar surface area (TPSA) is 217 Å². The van der Waals surface area contributed by atoms with Crippen LogP contribution in [0, 0.1) is 12.8 Å².